The third kappa shape index (κ3) is 2.75. The number of carbonyl (C=O) groups is 2. The summed E-state index contributed by atoms with van der Waals surface area (Å²) in [7, 11) is 0. The van der Waals surface area contributed by atoms with E-state index in [2.05, 4.69) is 11.3 Å². The van der Waals surface area contributed by atoms with Gasteiger partial charge in [-0.1, -0.05) is 6.58 Å². The second-order valence-corrected chi connectivity index (χ2v) is 3.86. The molecule has 1 aromatic carbocycles. The van der Waals surface area contributed by atoms with Crippen LogP contribution in [0.1, 0.15) is 6.42 Å². The first kappa shape index (κ1) is 13.1. The van der Waals surface area contributed by atoms with Crippen LogP contribution in [0.25, 0.3) is 0 Å². The lowest BCUT2D eigenvalue weighted by Crippen LogP contribution is -2.28. The molecule has 0 radical (unpaired) electrons. The van der Waals surface area contributed by atoms with E-state index in [9.17, 15) is 22.8 Å². The van der Waals surface area contributed by atoms with Crippen molar-refractivity contribution in [3.8, 4) is 5.75 Å². The predicted octanol–water partition coefficient (Wildman–Crippen LogP) is 2.40. The van der Waals surface area contributed by atoms with Crippen LogP contribution in [0.15, 0.2) is 36.4 Å². The Kier molecular flexibility index (Phi) is 3.05. The molecule has 0 spiro atoms. The maximum absolute atomic E-state index is 12.0. The third-order valence-electron chi connectivity index (χ3n) is 2.45. The van der Waals surface area contributed by atoms with Crippen LogP contribution in [0.2, 0.25) is 0 Å². The average molecular weight is 271 g/mol. The van der Waals surface area contributed by atoms with Gasteiger partial charge in [0.05, 0.1) is 12.1 Å². The summed E-state index contributed by atoms with van der Waals surface area (Å²) in [5.74, 6) is -1.43. The molecule has 2 amide bonds. The van der Waals surface area contributed by atoms with Gasteiger partial charge in [0.15, 0.2) is 0 Å². The minimum Gasteiger partial charge on any atom is -0.406 e. The molecule has 4 nitrogen and oxygen atoms in total. The van der Waals surface area contributed by atoms with Crippen LogP contribution < -0.4 is 9.64 Å². The molecule has 0 bridgehead atoms. The van der Waals surface area contributed by atoms with Crippen molar-refractivity contribution in [1.29, 1.82) is 0 Å². The zero-order valence-corrected chi connectivity index (χ0v) is 9.53. The quantitative estimate of drug-likeness (QED) is 0.613. The van der Waals surface area contributed by atoms with E-state index in [0.29, 0.717) is 0 Å². The van der Waals surface area contributed by atoms with Crippen LogP contribution in [0, 0.1) is 0 Å². The highest BCUT2D eigenvalue weighted by molar-refractivity contribution is 6.27. The Morgan fingerprint density at radius 1 is 1.16 bits per heavy atom. The molecule has 1 fully saturated rings. The molecule has 19 heavy (non-hydrogen) atoms. The van der Waals surface area contributed by atoms with Gasteiger partial charge in [-0.2, -0.15) is 0 Å². The van der Waals surface area contributed by atoms with Crippen LogP contribution >= 0.6 is 0 Å². The van der Waals surface area contributed by atoms with E-state index >= 15 is 0 Å². The average Bonchev–Trinajstić information content (AvgIpc) is 2.53. The van der Waals surface area contributed by atoms with Crippen molar-refractivity contribution < 1.29 is 27.5 Å². The van der Waals surface area contributed by atoms with Gasteiger partial charge in [0.25, 0.3) is 5.91 Å². The first-order valence-electron chi connectivity index (χ1n) is 5.19. The summed E-state index contributed by atoms with van der Waals surface area (Å²) in [5, 5.41) is 0. The number of anilines is 1. The molecule has 0 unspecified atom stereocenters. The molecule has 0 saturated carbocycles. The van der Waals surface area contributed by atoms with E-state index < -0.39 is 23.9 Å². The number of ether oxygens (including phenoxy) is 1. The molecular formula is C12H8F3NO3. The number of amides is 2. The third-order valence-corrected chi connectivity index (χ3v) is 2.45. The largest absolute Gasteiger partial charge is 0.573 e. The van der Waals surface area contributed by atoms with Crippen molar-refractivity contribution in [3.05, 3.63) is 36.4 Å². The lowest BCUT2D eigenvalue weighted by atomic mass is 10.2. The second-order valence-electron chi connectivity index (χ2n) is 3.86. The highest BCUT2D eigenvalue weighted by Crippen LogP contribution is 2.28. The van der Waals surface area contributed by atoms with Gasteiger partial charge in [-0.05, 0) is 24.3 Å². The number of halogens is 3. The summed E-state index contributed by atoms with van der Waals surface area (Å²) in [6.07, 6.45) is -4.87. The monoisotopic (exact) mass is 271 g/mol. The fourth-order valence-corrected chi connectivity index (χ4v) is 1.67. The Bertz CT molecular complexity index is 548. The SMILES string of the molecule is C=C1CC(=O)N(c2ccc(OC(F)(F)F)cc2)C1=O. The Morgan fingerprint density at radius 2 is 1.74 bits per heavy atom. The molecule has 0 aromatic heterocycles. The molecule has 0 atom stereocenters. The summed E-state index contributed by atoms with van der Waals surface area (Å²) >= 11 is 0. The van der Waals surface area contributed by atoms with Gasteiger partial charge in [0.1, 0.15) is 5.75 Å². The minimum absolute atomic E-state index is 0.0837. The van der Waals surface area contributed by atoms with Gasteiger partial charge in [-0.25, -0.2) is 4.90 Å². The zero-order valence-electron chi connectivity index (χ0n) is 9.53. The van der Waals surface area contributed by atoms with Crippen LogP contribution in [-0.4, -0.2) is 18.2 Å². The summed E-state index contributed by atoms with van der Waals surface area (Å²) in [5.41, 5.74) is 0.337. The van der Waals surface area contributed by atoms with Gasteiger partial charge in [0.2, 0.25) is 5.91 Å². The molecule has 1 heterocycles. The molecule has 0 N–H and O–H groups in total. The van der Waals surface area contributed by atoms with Crippen LogP contribution in [0.3, 0.4) is 0 Å². The molecule has 1 aliphatic heterocycles. The molecule has 1 saturated heterocycles. The summed E-state index contributed by atoms with van der Waals surface area (Å²) < 4.78 is 39.6. The van der Waals surface area contributed by atoms with Gasteiger partial charge >= 0.3 is 6.36 Å². The van der Waals surface area contributed by atoms with Crippen LogP contribution in [-0.2, 0) is 9.59 Å². The molecule has 7 heteroatoms. The van der Waals surface area contributed by atoms with Crippen molar-refractivity contribution in [3.63, 3.8) is 0 Å². The Hall–Kier alpha value is -2.31. The van der Waals surface area contributed by atoms with E-state index in [0.717, 1.165) is 17.0 Å². The number of rotatable bonds is 2. The minimum atomic E-state index is -4.78. The lowest BCUT2D eigenvalue weighted by Gasteiger charge is -2.14. The van der Waals surface area contributed by atoms with Crippen LogP contribution in [0.5, 0.6) is 5.75 Å². The number of nitrogens with zero attached hydrogens (tertiary/aromatic N) is 1. The van der Waals surface area contributed by atoms with Gasteiger partial charge in [-0.15, -0.1) is 13.2 Å². The fraction of sp³-hybridized carbons (Fsp3) is 0.167. The molecule has 100 valence electrons. The molecular weight excluding hydrogens is 263 g/mol. The summed E-state index contributed by atoms with van der Waals surface area (Å²) in [4.78, 5) is 24.0. The Labute approximate surface area is 106 Å². The summed E-state index contributed by atoms with van der Waals surface area (Å²) in [6, 6.07) is 4.47. The van der Waals surface area contributed by atoms with Crippen molar-refractivity contribution in [1.82, 2.24) is 0 Å². The number of imide groups is 1. The first-order valence-corrected chi connectivity index (χ1v) is 5.19. The number of carbonyl (C=O) groups excluding carboxylic acids is 2. The van der Waals surface area contributed by atoms with E-state index in [1.807, 2.05) is 0 Å². The van der Waals surface area contributed by atoms with Crippen molar-refractivity contribution in [2.24, 2.45) is 0 Å². The number of benzene rings is 1. The van der Waals surface area contributed by atoms with E-state index in [1.165, 1.54) is 12.1 Å². The summed E-state index contributed by atoms with van der Waals surface area (Å²) in [6.45, 7) is 3.44. The zero-order chi connectivity index (χ0) is 14.2. The van der Waals surface area contributed by atoms with Crippen molar-refractivity contribution >= 4 is 17.5 Å². The normalized spacial score (nSPS) is 16.2. The van der Waals surface area contributed by atoms with E-state index in [1.54, 1.807) is 0 Å². The fourth-order valence-electron chi connectivity index (χ4n) is 1.67. The standard InChI is InChI=1S/C12H8F3NO3/c1-7-6-10(17)16(11(7)18)8-2-4-9(5-3-8)19-12(13,14)15/h2-5H,1,6H2. The maximum atomic E-state index is 12.0. The lowest BCUT2D eigenvalue weighted by molar-refractivity contribution is -0.274. The second kappa shape index (κ2) is 4.42. The smallest absolute Gasteiger partial charge is 0.406 e. The highest BCUT2D eigenvalue weighted by atomic mass is 19.4. The first-order chi connectivity index (χ1) is 8.78. The van der Waals surface area contributed by atoms with E-state index in [4.69, 9.17) is 0 Å². The van der Waals surface area contributed by atoms with Crippen molar-refractivity contribution in [2.75, 3.05) is 4.90 Å². The molecule has 1 aromatic rings. The van der Waals surface area contributed by atoms with Gasteiger partial charge in [0, 0.05) is 5.57 Å². The topological polar surface area (TPSA) is 46.6 Å². The maximum Gasteiger partial charge on any atom is 0.573 e. The Morgan fingerprint density at radius 3 is 2.16 bits per heavy atom. The number of hydrogen-bond acceptors (Lipinski definition) is 3. The van der Waals surface area contributed by atoms with E-state index in [-0.39, 0.29) is 17.7 Å². The molecule has 2 rings (SSSR count). The van der Waals surface area contributed by atoms with Gasteiger partial charge in [-0.3, -0.25) is 9.59 Å². The predicted molar refractivity (Wildman–Crippen MR) is 59.4 cm³/mol. The molecule has 0 aliphatic carbocycles. The molecule has 1 aliphatic rings. The van der Waals surface area contributed by atoms with Gasteiger partial charge < -0.3 is 4.74 Å². The van der Waals surface area contributed by atoms with Crippen LogP contribution in [0.4, 0.5) is 18.9 Å². The number of alkyl halides is 3. The highest BCUT2D eigenvalue weighted by Gasteiger charge is 2.34. The van der Waals surface area contributed by atoms with Crippen molar-refractivity contribution in [2.45, 2.75) is 12.8 Å². The Balaban J connectivity index is 2.22. The number of hydrogen-bond donors (Lipinski definition) is 0.